The number of methoxy groups -OCH3 is 1. The van der Waals surface area contributed by atoms with E-state index in [0.717, 1.165) is 36.5 Å². The summed E-state index contributed by atoms with van der Waals surface area (Å²) in [6.45, 7) is 7.11. The van der Waals surface area contributed by atoms with Crippen molar-refractivity contribution in [2.24, 2.45) is 11.8 Å². The van der Waals surface area contributed by atoms with Gasteiger partial charge in [0, 0.05) is 39.8 Å². The minimum atomic E-state index is -0.732. The first-order valence-electron chi connectivity index (χ1n) is 13.2. The highest BCUT2D eigenvalue weighted by Gasteiger charge is 2.32. The van der Waals surface area contributed by atoms with Crippen molar-refractivity contribution in [3.05, 3.63) is 48.2 Å². The summed E-state index contributed by atoms with van der Waals surface area (Å²) >= 11 is 0. The predicted molar refractivity (Wildman–Crippen MR) is 146 cm³/mol. The minimum Gasteiger partial charge on any atom is -0.495 e. The molecule has 3 rings (SSSR count). The van der Waals surface area contributed by atoms with E-state index < -0.39 is 5.97 Å². The number of anilines is 1. The van der Waals surface area contributed by atoms with Crippen LogP contribution >= 0.6 is 0 Å². The molecule has 0 spiro atoms. The highest BCUT2D eigenvalue weighted by atomic mass is 16.5. The molecule has 0 atom stereocenters. The fourth-order valence-corrected chi connectivity index (χ4v) is 4.60. The van der Waals surface area contributed by atoms with Gasteiger partial charge in [-0.1, -0.05) is 56.4 Å². The number of rotatable bonds is 12. The van der Waals surface area contributed by atoms with Gasteiger partial charge in [-0.25, -0.2) is 0 Å². The van der Waals surface area contributed by atoms with Crippen molar-refractivity contribution in [1.82, 2.24) is 9.80 Å². The zero-order valence-corrected chi connectivity index (χ0v) is 22.6. The highest BCUT2D eigenvalue weighted by Crippen LogP contribution is 2.30. The summed E-state index contributed by atoms with van der Waals surface area (Å²) in [6, 6.07) is 5.83. The summed E-state index contributed by atoms with van der Waals surface area (Å²) in [4.78, 5) is 28.7. The third-order valence-corrected chi connectivity index (χ3v) is 6.97. The summed E-state index contributed by atoms with van der Waals surface area (Å²) in [7, 11) is 3.65. The minimum absolute atomic E-state index is 0.268. The van der Waals surface area contributed by atoms with Gasteiger partial charge in [-0.3, -0.25) is 14.5 Å². The molecule has 7 nitrogen and oxygen atoms in total. The smallest absolute Gasteiger partial charge is 0.309 e. The Morgan fingerprint density at radius 1 is 1.14 bits per heavy atom. The summed E-state index contributed by atoms with van der Waals surface area (Å²) in [5.41, 5.74) is 1.79. The van der Waals surface area contributed by atoms with Crippen LogP contribution in [0.4, 0.5) is 5.69 Å². The van der Waals surface area contributed by atoms with E-state index in [1.165, 1.54) is 32.1 Å². The third-order valence-electron chi connectivity index (χ3n) is 6.97. The van der Waals surface area contributed by atoms with E-state index in [2.05, 4.69) is 22.1 Å². The fraction of sp³-hybridized carbons (Fsp3) is 0.586. The van der Waals surface area contributed by atoms with Crippen LogP contribution in [0, 0.1) is 11.8 Å². The number of carboxylic acids is 1. The molecule has 1 saturated carbocycles. The number of carbonyl (C=O) groups excluding carboxylic acids is 1. The lowest BCUT2D eigenvalue weighted by molar-refractivity contribution is -0.147. The molecular formula is C29H45N3O4. The second kappa shape index (κ2) is 16.0. The molecule has 0 bridgehead atoms. The maximum atomic E-state index is 11.8. The molecule has 0 unspecified atom stereocenters. The van der Waals surface area contributed by atoms with E-state index in [9.17, 15) is 9.59 Å². The van der Waals surface area contributed by atoms with E-state index in [-0.39, 0.29) is 5.92 Å². The molecule has 7 heteroatoms. The van der Waals surface area contributed by atoms with Gasteiger partial charge in [0.15, 0.2) is 0 Å². The SMILES string of the molecule is C/C=C\C.COc1cc(CN2CC(C(=O)O)C2)ccc1N(C=O)CCN(C)/C=C/CC1CCCCC1. The topological polar surface area (TPSA) is 73.3 Å². The number of likely N-dealkylation sites (N-methyl/N-ethyl adjacent to an activating group) is 1. The molecule has 0 radical (unpaired) electrons. The molecule has 2 fully saturated rings. The molecule has 0 aromatic heterocycles. The van der Waals surface area contributed by atoms with Crippen LogP contribution < -0.4 is 9.64 Å². The molecule has 200 valence electrons. The van der Waals surface area contributed by atoms with E-state index in [0.29, 0.717) is 31.9 Å². The number of allylic oxidation sites excluding steroid dienone is 3. The Kier molecular flexibility index (Phi) is 13.1. The van der Waals surface area contributed by atoms with Crippen molar-refractivity contribution >= 4 is 18.1 Å². The maximum Gasteiger partial charge on any atom is 0.309 e. The Hall–Kier alpha value is -2.80. The van der Waals surface area contributed by atoms with E-state index in [1.54, 1.807) is 12.0 Å². The normalized spacial score (nSPS) is 16.9. The monoisotopic (exact) mass is 499 g/mol. The van der Waals surface area contributed by atoms with Crippen LogP contribution in [0.3, 0.4) is 0 Å². The van der Waals surface area contributed by atoms with Crippen molar-refractivity contribution in [2.45, 2.75) is 58.9 Å². The zero-order chi connectivity index (χ0) is 26.3. The number of carbonyl (C=O) groups is 2. The van der Waals surface area contributed by atoms with Crippen LogP contribution in [-0.4, -0.2) is 67.6 Å². The lowest BCUT2D eigenvalue weighted by Crippen LogP contribution is -2.49. The van der Waals surface area contributed by atoms with Gasteiger partial charge in [-0.05, 0) is 50.1 Å². The number of aliphatic carboxylic acids is 1. The van der Waals surface area contributed by atoms with Crippen molar-refractivity contribution in [3.63, 3.8) is 0 Å². The summed E-state index contributed by atoms with van der Waals surface area (Å²) < 4.78 is 5.56. The first-order chi connectivity index (χ1) is 17.4. The van der Waals surface area contributed by atoms with Crippen molar-refractivity contribution in [1.29, 1.82) is 0 Å². The molecule has 1 aromatic carbocycles. The number of hydrogen-bond acceptors (Lipinski definition) is 5. The van der Waals surface area contributed by atoms with Crippen molar-refractivity contribution < 1.29 is 19.4 Å². The molecule has 1 saturated heterocycles. The lowest BCUT2D eigenvalue weighted by atomic mass is 9.87. The van der Waals surface area contributed by atoms with Crippen LogP contribution in [0.15, 0.2) is 42.6 Å². The fourth-order valence-electron chi connectivity index (χ4n) is 4.60. The molecule has 1 aliphatic heterocycles. The molecule has 1 amide bonds. The number of benzene rings is 1. The van der Waals surface area contributed by atoms with Crippen LogP contribution in [-0.2, 0) is 16.1 Å². The summed E-state index contributed by atoms with van der Waals surface area (Å²) in [5, 5.41) is 9.03. The van der Waals surface area contributed by atoms with Crippen LogP contribution in [0.2, 0.25) is 0 Å². The van der Waals surface area contributed by atoms with Gasteiger partial charge in [0.05, 0.1) is 18.7 Å². The van der Waals surface area contributed by atoms with E-state index >= 15 is 0 Å². The largest absolute Gasteiger partial charge is 0.495 e. The standard InChI is InChI=1S/C25H37N3O4.C4H8/c1-26(12-6-9-20-7-4-3-5-8-20)13-14-28(19-29)23-11-10-21(15-24(23)32-2)16-27-17-22(18-27)25(30)31;1-3-4-2/h6,10-12,15,19-20,22H,3-5,7-9,13-14,16-18H2,1-2H3,(H,30,31);3-4H,1-2H3/b12-6+;4-3-. The van der Waals surface area contributed by atoms with Gasteiger partial charge in [0.25, 0.3) is 0 Å². The van der Waals surface area contributed by atoms with E-state index in [1.807, 2.05) is 51.2 Å². The number of nitrogens with zero attached hydrogens (tertiary/aromatic N) is 3. The first kappa shape index (κ1) is 29.4. The Morgan fingerprint density at radius 2 is 1.83 bits per heavy atom. The van der Waals surface area contributed by atoms with Gasteiger partial charge < -0.3 is 19.6 Å². The lowest BCUT2D eigenvalue weighted by Gasteiger charge is -2.36. The number of amides is 1. The Bertz CT molecular complexity index is 854. The second-order valence-electron chi connectivity index (χ2n) is 9.81. The van der Waals surface area contributed by atoms with Gasteiger partial charge in [0.1, 0.15) is 5.75 Å². The van der Waals surface area contributed by atoms with Crippen LogP contribution in [0.1, 0.15) is 57.9 Å². The Labute approximate surface area is 217 Å². The van der Waals surface area contributed by atoms with Crippen LogP contribution in [0.25, 0.3) is 0 Å². The summed E-state index contributed by atoms with van der Waals surface area (Å²) in [6.07, 6.45) is 17.2. The number of likely N-dealkylation sites (tertiary alicyclic amines) is 1. The van der Waals surface area contributed by atoms with E-state index in [4.69, 9.17) is 9.84 Å². The Morgan fingerprint density at radius 3 is 2.42 bits per heavy atom. The van der Waals surface area contributed by atoms with Gasteiger partial charge in [-0.2, -0.15) is 0 Å². The number of carboxylic acid groups (broad SMARTS) is 1. The molecule has 36 heavy (non-hydrogen) atoms. The highest BCUT2D eigenvalue weighted by molar-refractivity contribution is 5.79. The molecule has 1 aliphatic carbocycles. The molecule has 2 aliphatic rings. The Balaban J connectivity index is 0.00000106. The van der Waals surface area contributed by atoms with Gasteiger partial charge >= 0.3 is 5.97 Å². The van der Waals surface area contributed by atoms with Crippen molar-refractivity contribution in [2.75, 3.05) is 45.2 Å². The second-order valence-corrected chi connectivity index (χ2v) is 9.81. The zero-order valence-electron chi connectivity index (χ0n) is 22.6. The van der Waals surface area contributed by atoms with Gasteiger partial charge in [-0.15, -0.1) is 0 Å². The number of ether oxygens (including phenoxy) is 1. The van der Waals surface area contributed by atoms with Crippen molar-refractivity contribution in [3.8, 4) is 5.75 Å². The van der Waals surface area contributed by atoms with Crippen LogP contribution in [0.5, 0.6) is 5.75 Å². The quantitative estimate of drug-likeness (QED) is 0.316. The number of hydrogen-bond donors (Lipinski definition) is 1. The summed E-state index contributed by atoms with van der Waals surface area (Å²) in [5.74, 6) is 0.481. The maximum absolute atomic E-state index is 11.8. The molecule has 1 N–H and O–H groups in total. The predicted octanol–water partition coefficient (Wildman–Crippen LogP) is 5.17. The van der Waals surface area contributed by atoms with Gasteiger partial charge in [0.2, 0.25) is 6.41 Å². The first-order valence-corrected chi connectivity index (χ1v) is 13.2. The average molecular weight is 500 g/mol. The molecule has 1 heterocycles. The molecular weight excluding hydrogens is 454 g/mol. The third kappa shape index (κ3) is 9.69. The molecule has 1 aromatic rings. The average Bonchev–Trinajstić information content (AvgIpc) is 2.87.